The first-order valence-corrected chi connectivity index (χ1v) is 9.02. The highest BCUT2D eigenvalue weighted by molar-refractivity contribution is 6.28. The smallest absolute Gasteiger partial charge is 0.357 e. The lowest BCUT2D eigenvalue weighted by Crippen LogP contribution is -2.43. The van der Waals surface area contributed by atoms with Crippen LogP contribution >= 0.6 is 11.6 Å². The van der Waals surface area contributed by atoms with E-state index in [9.17, 15) is 9.90 Å². The number of nitrogens with two attached hydrogens (primary N) is 1. The van der Waals surface area contributed by atoms with Gasteiger partial charge in [-0.2, -0.15) is 4.98 Å². The second-order valence-electron chi connectivity index (χ2n) is 6.49. The molecule has 148 valence electrons. The molecule has 1 saturated heterocycles. The van der Waals surface area contributed by atoms with Gasteiger partial charge in [0.1, 0.15) is 36.1 Å². The summed E-state index contributed by atoms with van der Waals surface area (Å²) < 4.78 is 12.9. The predicted molar refractivity (Wildman–Crippen MR) is 104 cm³/mol. The minimum atomic E-state index is -1.52. The number of carbonyl (C=O) groups excluding carboxylic acids is 1. The summed E-state index contributed by atoms with van der Waals surface area (Å²) in [6.07, 6.45) is 7.20. The number of esters is 1. The van der Waals surface area contributed by atoms with E-state index in [1.165, 1.54) is 12.3 Å². The molecule has 29 heavy (non-hydrogen) atoms. The van der Waals surface area contributed by atoms with Crippen molar-refractivity contribution in [3.63, 3.8) is 0 Å². The lowest BCUT2D eigenvalue weighted by Gasteiger charge is -2.26. The third-order valence-electron chi connectivity index (χ3n) is 4.73. The lowest BCUT2D eigenvalue weighted by molar-refractivity contribution is -0.0933. The van der Waals surface area contributed by atoms with E-state index in [1.54, 1.807) is 29.0 Å². The number of nitrogen functional groups attached to an aromatic ring is 1. The van der Waals surface area contributed by atoms with Gasteiger partial charge < -0.3 is 24.9 Å². The first kappa shape index (κ1) is 19.1. The van der Waals surface area contributed by atoms with Crippen LogP contribution in [0.3, 0.4) is 0 Å². The molecule has 0 bridgehead atoms. The highest BCUT2D eigenvalue weighted by Gasteiger charge is 2.49. The van der Waals surface area contributed by atoms with Crippen LogP contribution in [0.4, 0.5) is 5.82 Å². The number of terminal acetylenes is 1. The molecule has 3 atom stereocenters. The van der Waals surface area contributed by atoms with Gasteiger partial charge in [0, 0.05) is 18.8 Å². The van der Waals surface area contributed by atoms with E-state index in [0.717, 1.165) is 0 Å². The van der Waals surface area contributed by atoms with Crippen molar-refractivity contribution in [2.24, 2.45) is 0 Å². The van der Waals surface area contributed by atoms with Gasteiger partial charge in [-0.1, -0.05) is 12.0 Å². The summed E-state index contributed by atoms with van der Waals surface area (Å²) >= 11 is 5.91. The fraction of sp³-hybridized carbons (Fsp3) is 0.263. The van der Waals surface area contributed by atoms with Crippen molar-refractivity contribution in [2.45, 2.75) is 24.4 Å². The molecule has 0 aliphatic carbocycles. The molecular formula is C19H16ClN5O4. The van der Waals surface area contributed by atoms with Gasteiger partial charge in [0.05, 0.1) is 5.39 Å². The fourth-order valence-corrected chi connectivity index (χ4v) is 3.39. The Kier molecular flexibility index (Phi) is 4.84. The summed E-state index contributed by atoms with van der Waals surface area (Å²) in [5.74, 6) is 1.99. The van der Waals surface area contributed by atoms with E-state index in [1.807, 2.05) is 0 Å². The second kappa shape index (κ2) is 7.33. The summed E-state index contributed by atoms with van der Waals surface area (Å²) in [4.78, 5) is 24.2. The van der Waals surface area contributed by atoms with Crippen LogP contribution in [0.2, 0.25) is 5.28 Å². The van der Waals surface area contributed by atoms with Crippen LogP contribution < -0.4 is 5.73 Å². The summed E-state index contributed by atoms with van der Waals surface area (Å²) in [5.41, 5.74) is 4.93. The molecule has 3 aromatic heterocycles. The first-order valence-electron chi connectivity index (χ1n) is 8.65. The van der Waals surface area contributed by atoms with E-state index in [2.05, 4.69) is 20.9 Å². The van der Waals surface area contributed by atoms with E-state index in [4.69, 9.17) is 33.2 Å². The van der Waals surface area contributed by atoms with Gasteiger partial charge in [-0.15, -0.1) is 6.42 Å². The van der Waals surface area contributed by atoms with Crippen molar-refractivity contribution < 1.29 is 19.4 Å². The second-order valence-corrected chi connectivity index (χ2v) is 6.83. The number of aromatic nitrogens is 4. The van der Waals surface area contributed by atoms with Crippen molar-refractivity contribution in [3.8, 4) is 12.3 Å². The van der Waals surface area contributed by atoms with E-state index < -0.39 is 23.9 Å². The van der Waals surface area contributed by atoms with Crippen LogP contribution in [0.5, 0.6) is 0 Å². The molecule has 0 unspecified atom stereocenters. The number of pyridine rings is 1. The van der Waals surface area contributed by atoms with Gasteiger partial charge in [0.25, 0.3) is 0 Å². The Hall–Kier alpha value is -3.19. The summed E-state index contributed by atoms with van der Waals surface area (Å²) in [6, 6.07) is 6.57. The number of fused-ring (bicyclic) bond motifs is 1. The third kappa shape index (κ3) is 3.38. The number of ether oxygens (including phenoxy) is 2. The number of nitrogens with zero attached hydrogens (tertiary/aromatic N) is 4. The molecule has 0 aromatic carbocycles. The molecule has 1 aliphatic heterocycles. The highest BCUT2D eigenvalue weighted by atomic mass is 35.5. The number of halogens is 1. The van der Waals surface area contributed by atoms with Gasteiger partial charge in [0.15, 0.2) is 5.60 Å². The van der Waals surface area contributed by atoms with Crippen molar-refractivity contribution in [1.29, 1.82) is 0 Å². The molecule has 4 heterocycles. The van der Waals surface area contributed by atoms with Crippen LogP contribution in [-0.4, -0.2) is 48.9 Å². The van der Waals surface area contributed by atoms with Crippen LogP contribution in [0.15, 0.2) is 36.7 Å². The highest BCUT2D eigenvalue weighted by Crippen LogP contribution is 2.39. The molecule has 10 heteroatoms. The van der Waals surface area contributed by atoms with Gasteiger partial charge in [-0.25, -0.2) is 14.8 Å². The van der Waals surface area contributed by atoms with Crippen LogP contribution in [0, 0.1) is 12.3 Å². The molecule has 0 amide bonds. The number of hydrogen-bond donors (Lipinski definition) is 2. The number of hydrogen-bond acceptors (Lipinski definition) is 8. The Morgan fingerprint density at radius 1 is 1.48 bits per heavy atom. The minimum Gasteiger partial charge on any atom is -0.457 e. The third-order valence-corrected chi connectivity index (χ3v) is 4.90. The van der Waals surface area contributed by atoms with Gasteiger partial charge in [-0.3, -0.25) is 0 Å². The summed E-state index contributed by atoms with van der Waals surface area (Å²) in [6.45, 7) is -0.340. The molecule has 0 radical (unpaired) electrons. The normalized spacial score (nSPS) is 23.8. The van der Waals surface area contributed by atoms with Crippen molar-refractivity contribution in [1.82, 2.24) is 19.5 Å². The van der Waals surface area contributed by atoms with Crippen LogP contribution in [-0.2, 0) is 9.47 Å². The Labute approximate surface area is 170 Å². The largest absolute Gasteiger partial charge is 0.457 e. The van der Waals surface area contributed by atoms with Crippen molar-refractivity contribution in [2.75, 3.05) is 12.3 Å². The maximum absolute atomic E-state index is 12.2. The number of rotatable bonds is 4. The number of anilines is 1. The lowest BCUT2D eigenvalue weighted by atomic mass is 9.99. The molecule has 3 aromatic rings. The molecule has 4 rings (SSSR count). The zero-order chi connectivity index (χ0) is 20.6. The molecule has 1 fully saturated rings. The molecular weight excluding hydrogens is 398 g/mol. The number of aliphatic hydroxyl groups is 1. The number of aliphatic hydroxyl groups excluding tert-OH is 1. The van der Waals surface area contributed by atoms with Crippen LogP contribution in [0.1, 0.15) is 23.1 Å². The number of carbonyl (C=O) groups is 1. The monoisotopic (exact) mass is 413 g/mol. The quantitative estimate of drug-likeness (QED) is 0.375. The SMILES string of the molecule is C#C[C@]1(COC(=O)c2ccccn2)O[C@@H](n2ccc3c(N)nc(Cl)nc32)C[C@@H]1O. The summed E-state index contributed by atoms with van der Waals surface area (Å²) in [7, 11) is 0. The van der Waals surface area contributed by atoms with Crippen molar-refractivity contribution >= 4 is 34.4 Å². The van der Waals surface area contributed by atoms with E-state index >= 15 is 0 Å². The minimum absolute atomic E-state index is 0.0130. The van der Waals surface area contributed by atoms with Crippen LogP contribution in [0.25, 0.3) is 11.0 Å². The Balaban J connectivity index is 1.57. The molecule has 3 N–H and O–H groups in total. The topological polar surface area (TPSA) is 125 Å². The fourth-order valence-electron chi connectivity index (χ4n) is 3.21. The summed E-state index contributed by atoms with van der Waals surface area (Å²) in [5, 5.41) is 11.2. The van der Waals surface area contributed by atoms with E-state index in [-0.39, 0.29) is 29.8 Å². The Morgan fingerprint density at radius 3 is 3.03 bits per heavy atom. The maximum atomic E-state index is 12.2. The first-order chi connectivity index (χ1) is 13.9. The molecule has 9 nitrogen and oxygen atoms in total. The average Bonchev–Trinajstić information content (AvgIpc) is 3.28. The average molecular weight is 414 g/mol. The Bertz CT molecular complexity index is 1110. The van der Waals surface area contributed by atoms with Gasteiger partial charge in [0.2, 0.25) is 5.28 Å². The van der Waals surface area contributed by atoms with Gasteiger partial charge >= 0.3 is 5.97 Å². The molecule has 0 saturated carbocycles. The zero-order valence-corrected chi connectivity index (χ0v) is 15.8. The molecule has 0 spiro atoms. The zero-order valence-electron chi connectivity index (χ0n) is 15.0. The Morgan fingerprint density at radius 2 is 2.31 bits per heavy atom. The predicted octanol–water partition coefficient (Wildman–Crippen LogP) is 1.57. The molecule has 1 aliphatic rings. The van der Waals surface area contributed by atoms with E-state index in [0.29, 0.717) is 11.0 Å². The standard InChI is InChI=1S/C19H16ClN5O4/c1-2-19(10-28-17(27)12-5-3-4-7-22-12)13(26)9-14(29-19)25-8-6-11-15(21)23-18(20)24-16(11)25/h1,3-8,13-14,26H,9-10H2,(H2,21,23,24)/t13-,14+,19+/m0/s1. The van der Waals surface area contributed by atoms with Crippen molar-refractivity contribution in [3.05, 3.63) is 47.6 Å². The maximum Gasteiger partial charge on any atom is 0.357 e. The van der Waals surface area contributed by atoms with Gasteiger partial charge in [-0.05, 0) is 29.8 Å².